The van der Waals surface area contributed by atoms with Crippen LogP contribution in [0.5, 0.6) is 5.75 Å². The van der Waals surface area contributed by atoms with Gasteiger partial charge in [-0.3, -0.25) is 9.59 Å². The molecule has 3 aromatic carbocycles. The monoisotopic (exact) mass is 479 g/mol. The molecule has 0 aromatic heterocycles. The van der Waals surface area contributed by atoms with Crippen molar-refractivity contribution in [3.05, 3.63) is 77.9 Å². The number of fused-ring (bicyclic) bond motifs is 1. The Labute approximate surface area is 203 Å². The number of rotatable bonds is 9. The highest BCUT2D eigenvalue weighted by Gasteiger charge is 2.25. The third-order valence-corrected chi connectivity index (χ3v) is 5.89. The summed E-state index contributed by atoms with van der Waals surface area (Å²) in [6.45, 7) is 0.255. The standard InChI is InChI=1S/C26H26ClN3O4/c1-33-20-10-11-22-18(13-20)8-5-9-19(22)14-25(31)29-23(12-17-6-3-2-4-7-17)26(32)28-16-21-15-24(27)30-34-21/h2-11,13,21,23H,12,14-16H2,1H3,(H,28,32)(H,29,31)/t21?,23-/m0/s1. The van der Waals surface area contributed by atoms with Gasteiger partial charge in [0.2, 0.25) is 11.8 Å². The van der Waals surface area contributed by atoms with Crippen LogP contribution in [0.4, 0.5) is 0 Å². The first-order chi connectivity index (χ1) is 16.5. The molecule has 0 radical (unpaired) electrons. The quantitative estimate of drug-likeness (QED) is 0.491. The molecular formula is C26H26ClN3O4. The molecule has 0 aliphatic carbocycles. The highest BCUT2D eigenvalue weighted by molar-refractivity contribution is 6.65. The Hall–Kier alpha value is -3.58. The molecule has 8 heteroatoms. The van der Waals surface area contributed by atoms with Crippen LogP contribution in [0.15, 0.2) is 71.9 Å². The Morgan fingerprint density at radius 2 is 1.97 bits per heavy atom. The van der Waals surface area contributed by atoms with Gasteiger partial charge in [-0.25, -0.2) is 0 Å². The number of nitrogens with one attached hydrogen (secondary N) is 2. The smallest absolute Gasteiger partial charge is 0.243 e. The molecule has 7 nitrogen and oxygen atoms in total. The first-order valence-corrected chi connectivity index (χ1v) is 11.4. The van der Waals surface area contributed by atoms with Crippen LogP contribution in [0.25, 0.3) is 10.8 Å². The van der Waals surface area contributed by atoms with Crippen LogP contribution in [0.3, 0.4) is 0 Å². The summed E-state index contributed by atoms with van der Waals surface area (Å²) in [7, 11) is 1.62. The maximum Gasteiger partial charge on any atom is 0.243 e. The van der Waals surface area contributed by atoms with Crippen molar-refractivity contribution in [3.63, 3.8) is 0 Å². The zero-order valence-corrected chi connectivity index (χ0v) is 19.5. The van der Waals surface area contributed by atoms with Crippen molar-refractivity contribution in [2.75, 3.05) is 13.7 Å². The van der Waals surface area contributed by atoms with Crippen molar-refractivity contribution >= 4 is 39.4 Å². The number of carbonyl (C=O) groups excluding carboxylic acids is 2. The average Bonchev–Trinajstić information content (AvgIpc) is 3.27. The van der Waals surface area contributed by atoms with E-state index in [1.54, 1.807) is 7.11 Å². The van der Waals surface area contributed by atoms with Crippen LogP contribution in [0.1, 0.15) is 17.5 Å². The number of nitrogens with zero attached hydrogens (tertiary/aromatic N) is 1. The lowest BCUT2D eigenvalue weighted by Gasteiger charge is -2.20. The molecule has 0 bridgehead atoms. The van der Waals surface area contributed by atoms with Crippen LogP contribution < -0.4 is 15.4 Å². The molecule has 34 heavy (non-hydrogen) atoms. The Morgan fingerprint density at radius 3 is 2.71 bits per heavy atom. The van der Waals surface area contributed by atoms with Crippen molar-refractivity contribution in [2.45, 2.75) is 31.4 Å². The van der Waals surface area contributed by atoms with Gasteiger partial charge in [0.15, 0.2) is 6.10 Å². The van der Waals surface area contributed by atoms with E-state index in [0.29, 0.717) is 18.0 Å². The number of ether oxygens (including phenoxy) is 1. The molecule has 0 spiro atoms. The number of carbonyl (C=O) groups is 2. The lowest BCUT2D eigenvalue weighted by molar-refractivity contribution is -0.129. The van der Waals surface area contributed by atoms with Crippen molar-refractivity contribution in [3.8, 4) is 5.75 Å². The fraction of sp³-hybridized carbons (Fsp3) is 0.269. The third-order valence-electron chi connectivity index (χ3n) is 5.66. The minimum absolute atomic E-state index is 0.150. The third kappa shape index (κ3) is 6.05. The number of halogens is 1. The van der Waals surface area contributed by atoms with Crippen LogP contribution in [0.2, 0.25) is 0 Å². The first kappa shape index (κ1) is 23.6. The van der Waals surface area contributed by atoms with E-state index in [4.69, 9.17) is 21.2 Å². The normalized spacial score (nSPS) is 15.8. The fourth-order valence-corrected chi connectivity index (χ4v) is 4.14. The molecule has 1 heterocycles. The summed E-state index contributed by atoms with van der Waals surface area (Å²) in [5, 5.41) is 11.8. The summed E-state index contributed by atoms with van der Waals surface area (Å²) in [4.78, 5) is 31.2. The van der Waals surface area contributed by atoms with Gasteiger partial charge in [-0.05, 0) is 34.0 Å². The van der Waals surface area contributed by atoms with Gasteiger partial charge in [0.05, 0.1) is 20.1 Å². The maximum atomic E-state index is 13.0. The topological polar surface area (TPSA) is 89.0 Å². The van der Waals surface area contributed by atoms with Gasteiger partial charge >= 0.3 is 0 Å². The number of hydrogen-bond donors (Lipinski definition) is 2. The Bertz CT molecular complexity index is 1200. The Kier molecular flexibility index (Phi) is 7.65. The van der Waals surface area contributed by atoms with Crippen LogP contribution in [-0.4, -0.2) is 42.8 Å². The van der Waals surface area contributed by atoms with Crippen molar-refractivity contribution in [2.24, 2.45) is 5.16 Å². The lowest BCUT2D eigenvalue weighted by Crippen LogP contribution is -2.49. The second kappa shape index (κ2) is 11.0. The molecule has 4 rings (SSSR count). The number of amides is 2. The predicted octanol–water partition coefficient (Wildman–Crippen LogP) is 3.58. The average molecular weight is 480 g/mol. The predicted molar refractivity (Wildman–Crippen MR) is 132 cm³/mol. The maximum absolute atomic E-state index is 13.0. The summed E-state index contributed by atoms with van der Waals surface area (Å²) in [5.74, 6) is 0.237. The summed E-state index contributed by atoms with van der Waals surface area (Å²) in [6, 6.07) is 20.4. The molecule has 0 fully saturated rings. The molecule has 1 aliphatic rings. The zero-order chi connectivity index (χ0) is 23.9. The summed E-state index contributed by atoms with van der Waals surface area (Å²) in [6.07, 6.45) is 0.659. The SMILES string of the molecule is COc1ccc2c(CC(=O)N[C@@H](Cc3ccccc3)C(=O)NCC3CC(Cl)=NO3)cccc2c1. The van der Waals surface area contributed by atoms with Gasteiger partial charge in [0, 0.05) is 12.8 Å². The Morgan fingerprint density at radius 1 is 1.15 bits per heavy atom. The Balaban J connectivity index is 1.45. The highest BCUT2D eigenvalue weighted by atomic mass is 35.5. The van der Waals surface area contributed by atoms with E-state index < -0.39 is 6.04 Å². The van der Waals surface area contributed by atoms with Gasteiger partial charge in [0.25, 0.3) is 0 Å². The van der Waals surface area contributed by atoms with Crippen molar-refractivity contribution in [1.29, 1.82) is 0 Å². The molecule has 176 valence electrons. The van der Waals surface area contributed by atoms with Crippen LogP contribution >= 0.6 is 11.6 Å². The van der Waals surface area contributed by atoms with Crippen molar-refractivity contribution in [1.82, 2.24) is 10.6 Å². The van der Waals surface area contributed by atoms with E-state index in [-0.39, 0.29) is 30.9 Å². The molecule has 1 aliphatic heterocycles. The molecule has 2 atom stereocenters. The largest absolute Gasteiger partial charge is 0.497 e. The molecule has 2 N–H and O–H groups in total. The molecule has 0 saturated heterocycles. The van der Waals surface area contributed by atoms with Crippen molar-refractivity contribution < 1.29 is 19.2 Å². The molecule has 2 amide bonds. The molecule has 3 aromatic rings. The molecule has 1 unspecified atom stereocenters. The lowest BCUT2D eigenvalue weighted by atomic mass is 10.0. The molecular weight excluding hydrogens is 454 g/mol. The molecule has 0 saturated carbocycles. The van der Waals surface area contributed by atoms with E-state index in [1.165, 1.54) is 0 Å². The van der Waals surface area contributed by atoms with E-state index >= 15 is 0 Å². The van der Waals surface area contributed by atoms with Gasteiger partial charge in [0.1, 0.15) is 17.0 Å². The van der Waals surface area contributed by atoms with E-state index in [0.717, 1.165) is 27.6 Å². The number of oxime groups is 1. The second-order valence-electron chi connectivity index (χ2n) is 8.14. The fourth-order valence-electron chi connectivity index (χ4n) is 3.93. The summed E-state index contributed by atoms with van der Waals surface area (Å²) in [5.41, 5.74) is 1.83. The summed E-state index contributed by atoms with van der Waals surface area (Å²) < 4.78 is 5.30. The minimum Gasteiger partial charge on any atom is -0.497 e. The zero-order valence-electron chi connectivity index (χ0n) is 18.8. The minimum atomic E-state index is -0.734. The first-order valence-electron chi connectivity index (χ1n) is 11.1. The van der Waals surface area contributed by atoms with Gasteiger partial charge in [-0.1, -0.05) is 71.4 Å². The van der Waals surface area contributed by atoms with Crippen LogP contribution in [-0.2, 0) is 27.3 Å². The second-order valence-corrected chi connectivity index (χ2v) is 8.57. The number of hydrogen-bond acceptors (Lipinski definition) is 5. The summed E-state index contributed by atoms with van der Waals surface area (Å²) >= 11 is 5.84. The number of methoxy groups -OCH3 is 1. The van der Waals surface area contributed by atoms with Gasteiger partial charge in [-0.15, -0.1) is 0 Å². The van der Waals surface area contributed by atoms with Gasteiger partial charge < -0.3 is 20.2 Å². The van der Waals surface area contributed by atoms with E-state index in [2.05, 4.69) is 15.8 Å². The highest BCUT2D eigenvalue weighted by Crippen LogP contribution is 2.24. The van der Waals surface area contributed by atoms with Gasteiger partial charge in [-0.2, -0.15) is 0 Å². The van der Waals surface area contributed by atoms with E-state index in [1.807, 2.05) is 66.7 Å². The van der Waals surface area contributed by atoms with E-state index in [9.17, 15) is 9.59 Å². The van der Waals surface area contributed by atoms with Crippen LogP contribution in [0, 0.1) is 0 Å². The number of benzene rings is 3.